The maximum absolute atomic E-state index is 12.5. The summed E-state index contributed by atoms with van der Waals surface area (Å²) in [6.07, 6.45) is 2.82. The molecule has 0 spiro atoms. The monoisotopic (exact) mass is 374 g/mol. The second-order valence-corrected chi connectivity index (χ2v) is 5.74. The van der Waals surface area contributed by atoms with E-state index in [-0.39, 0.29) is 12.2 Å². The van der Waals surface area contributed by atoms with Gasteiger partial charge in [-0.2, -0.15) is 0 Å². The number of carbonyl (C=O) groups is 2. The van der Waals surface area contributed by atoms with Gasteiger partial charge in [0.1, 0.15) is 29.7 Å². The Morgan fingerprint density at radius 1 is 1.44 bits per heavy atom. The highest BCUT2D eigenvalue weighted by molar-refractivity contribution is 6.08. The first kappa shape index (κ1) is 20.0. The van der Waals surface area contributed by atoms with Crippen molar-refractivity contribution in [3.05, 3.63) is 41.3 Å². The second kappa shape index (κ2) is 8.86. The summed E-state index contributed by atoms with van der Waals surface area (Å²) < 4.78 is 11.2. The van der Waals surface area contributed by atoms with Gasteiger partial charge in [0.05, 0.1) is 12.2 Å². The number of nitrogens with one attached hydrogen (secondary N) is 3. The fourth-order valence-corrected chi connectivity index (χ4v) is 2.49. The molecular weight excluding hydrogens is 352 g/mol. The Labute approximate surface area is 155 Å². The molecule has 0 aliphatic rings. The average molecular weight is 374 g/mol. The summed E-state index contributed by atoms with van der Waals surface area (Å²) in [5.74, 6) is -0.585. The van der Waals surface area contributed by atoms with Crippen LogP contribution in [0, 0.1) is 12.3 Å². The summed E-state index contributed by atoms with van der Waals surface area (Å²) >= 11 is 0. The third-order valence-corrected chi connectivity index (χ3v) is 3.81. The van der Waals surface area contributed by atoms with Crippen molar-refractivity contribution < 1.29 is 23.8 Å². The Kier molecular flexibility index (Phi) is 6.56. The molecule has 0 unspecified atom stereocenters. The molecule has 9 heteroatoms. The number of hydrogen-bond acceptors (Lipinski definition) is 7. The van der Waals surface area contributed by atoms with E-state index in [9.17, 15) is 14.7 Å². The van der Waals surface area contributed by atoms with Gasteiger partial charge in [-0.15, -0.1) is 0 Å². The maximum Gasteiger partial charge on any atom is 0.256 e. The van der Waals surface area contributed by atoms with Crippen molar-refractivity contribution in [3.63, 3.8) is 0 Å². The highest BCUT2D eigenvalue weighted by Gasteiger charge is 2.23. The van der Waals surface area contributed by atoms with E-state index in [1.807, 2.05) is 0 Å². The van der Waals surface area contributed by atoms with E-state index in [4.69, 9.17) is 20.3 Å². The summed E-state index contributed by atoms with van der Waals surface area (Å²) in [5.41, 5.74) is 6.48. The van der Waals surface area contributed by atoms with Gasteiger partial charge in [-0.25, -0.2) is 0 Å². The summed E-state index contributed by atoms with van der Waals surface area (Å²) in [6.45, 7) is 1.19. The summed E-state index contributed by atoms with van der Waals surface area (Å²) in [6, 6.07) is 3.80. The number of rotatable bonds is 9. The minimum atomic E-state index is -1.19. The first-order valence-corrected chi connectivity index (χ1v) is 8.15. The first-order valence-electron chi connectivity index (χ1n) is 8.15. The lowest BCUT2D eigenvalue weighted by Crippen LogP contribution is -2.46. The molecule has 2 amide bonds. The fraction of sp³-hybridized carbons (Fsp3) is 0.278. The van der Waals surface area contributed by atoms with Crippen LogP contribution in [0.1, 0.15) is 16.1 Å². The van der Waals surface area contributed by atoms with E-state index in [1.54, 1.807) is 38.4 Å². The number of benzene rings is 1. The quantitative estimate of drug-likeness (QED) is 0.402. The minimum Gasteiger partial charge on any atom is -0.489 e. The Bertz CT molecular complexity index is 887. The molecule has 1 heterocycles. The topological polar surface area (TPSA) is 151 Å². The molecule has 2 aromatic rings. The van der Waals surface area contributed by atoms with Crippen LogP contribution in [-0.2, 0) is 4.79 Å². The van der Waals surface area contributed by atoms with Gasteiger partial charge in [-0.3, -0.25) is 9.59 Å². The van der Waals surface area contributed by atoms with Crippen LogP contribution in [0.2, 0.25) is 0 Å². The molecule has 0 aliphatic heterocycles. The summed E-state index contributed by atoms with van der Waals surface area (Å²) in [4.78, 5) is 23.8. The molecule has 0 saturated carbocycles. The lowest BCUT2D eigenvalue weighted by molar-refractivity contribution is -0.120. The Hall–Kier alpha value is -3.33. The number of aliphatic hydroxyl groups is 1. The van der Waals surface area contributed by atoms with Crippen LogP contribution >= 0.6 is 0 Å². The second-order valence-electron chi connectivity index (χ2n) is 5.74. The third-order valence-electron chi connectivity index (χ3n) is 3.81. The molecule has 9 nitrogen and oxygen atoms in total. The van der Waals surface area contributed by atoms with Gasteiger partial charge in [0.25, 0.3) is 5.91 Å². The SMILES string of the molecule is CN/C=C(\C=N)COc1ccc2oc(C)c(C(=O)N[C@@H](CO)C(N)=O)c2c1. The maximum atomic E-state index is 12.5. The zero-order valence-corrected chi connectivity index (χ0v) is 15.0. The van der Waals surface area contributed by atoms with Crippen molar-refractivity contribution in [2.45, 2.75) is 13.0 Å². The van der Waals surface area contributed by atoms with Crippen molar-refractivity contribution >= 4 is 29.0 Å². The molecule has 0 aliphatic carbocycles. The van der Waals surface area contributed by atoms with E-state index in [2.05, 4.69) is 10.6 Å². The van der Waals surface area contributed by atoms with Crippen LogP contribution in [0.4, 0.5) is 0 Å². The van der Waals surface area contributed by atoms with Gasteiger partial charge in [0, 0.05) is 30.4 Å². The van der Waals surface area contributed by atoms with Gasteiger partial charge >= 0.3 is 0 Å². The Morgan fingerprint density at radius 3 is 2.78 bits per heavy atom. The van der Waals surface area contributed by atoms with Crippen LogP contribution in [-0.4, -0.2) is 49.4 Å². The van der Waals surface area contributed by atoms with Crippen LogP contribution < -0.4 is 21.1 Å². The third kappa shape index (κ3) is 4.64. The summed E-state index contributed by atoms with van der Waals surface area (Å²) in [7, 11) is 1.72. The molecule has 2 rings (SSSR count). The molecular formula is C18H22N4O5. The van der Waals surface area contributed by atoms with Gasteiger partial charge < -0.3 is 36.0 Å². The predicted octanol–water partition coefficient (Wildman–Crippen LogP) is 0.449. The van der Waals surface area contributed by atoms with Crippen LogP contribution in [0.3, 0.4) is 0 Å². The first-order chi connectivity index (χ1) is 12.9. The van der Waals surface area contributed by atoms with Gasteiger partial charge in [0.15, 0.2) is 0 Å². The minimum absolute atomic E-state index is 0.169. The highest BCUT2D eigenvalue weighted by atomic mass is 16.5. The van der Waals surface area contributed by atoms with E-state index in [0.29, 0.717) is 28.1 Å². The number of amides is 2. The molecule has 1 atom stereocenters. The van der Waals surface area contributed by atoms with E-state index < -0.39 is 24.5 Å². The average Bonchev–Trinajstić information content (AvgIpc) is 2.97. The zero-order chi connectivity index (χ0) is 20.0. The van der Waals surface area contributed by atoms with Gasteiger partial charge in [-0.1, -0.05) is 0 Å². The van der Waals surface area contributed by atoms with Crippen molar-refractivity contribution in [3.8, 4) is 5.75 Å². The van der Waals surface area contributed by atoms with Gasteiger partial charge in [-0.05, 0) is 25.1 Å². The molecule has 0 radical (unpaired) electrons. The van der Waals surface area contributed by atoms with Crippen LogP contribution in [0.25, 0.3) is 11.0 Å². The standard InChI is InChI=1S/C18H22N4O5/c1-10-16(18(25)22-14(8-23)17(20)24)13-5-12(3-4-15(13)27-10)26-9-11(6-19)7-21-2/h3-7,14,19,21,23H,8-9H2,1-2H3,(H2,20,24)(H,22,25)/b11-7+,19-6?/t14-/m0/s1. The van der Waals surface area contributed by atoms with Crippen molar-refractivity contribution in [1.29, 1.82) is 5.41 Å². The van der Waals surface area contributed by atoms with Crippen molar-refractivity contribution in [1.82, 2.24) is 10.6 Å². The number of hydrogen-bond donors (Lipinski definition) is 5. The number of carbonyl (C=O) groups excluding carboxylic acids is 2. The smallest absolute Gasteiger partial charge is 0.256 e. The van der Waals surface area contributed by atoms with E-state index >= 15 is 0 Å². The largest absolute Gasteiger partial charge is 0.489 e. The van der Waals surface area contributed by atoms with Crippen molar-refractivity contribution in [2.24, 2.45) is 5.73 Å². The number of ether oxygens (including phenoxy) is 1. The number of furan rings is 1. The normalized spacial score (nSPS) is 12.5. The molecule has 27 heavy (non-hydrogen) atoms. The van der Waals surface area contributed by atoms with Crippen molar-refractivity contribution in [2.75, 3.05) is 20.3 Å². The summed E-state index contributed by atoms with van der Waals surface area (Å²) in [5, 5.41) is 22.2. The number of aliphatic hydroxyl groups excluding tert-OH is 1. The van der Waals surface area contributed by atoms with Gasteiger partial charge in [0.2, 0.25) is 5.91 Å². The van der Waals surface area contributed by atoms with E-state index in [1.165, 1.54) is 6.21 Å². The lowest BCUT2D eigenvalue weighted by Gasteiger charge is -2.12. The zero-order valence-electron chi connectivity index (χ0n) is 15.0. The Balaban J connectivity index is 2.30. The molecule has 0 fully saturated rings. The Morgan fingerprint density at radius 2 is 2.19 bits per heavy atom. The van der Waals surface area contributed by atoms with Crippen LogP contribution in [0.15, 0.2) is 34.4 Å². The lowest BCUT2D eigenvalue weighted by atomic mass is 10.1. The molecule has 1 aromatic carbocycles. The molecule has 1 aromatic heterocycles. The van der Waals surface area contributed by atoms with Crippen LogP contribution in [0.5, 0.6) is 5.75 Å². The number of fused-ring (bicyclic) bond motifs is 1. The molecule has 0 bridgehead atoms. The number of aryl methyl sites for hydroxylation is 1. The molecule has 0 saturated heterocycles. The fourth-order valence-electron chi connectivity index (χ4n) is 2.49. The number of primary amides is 1. The number of nitrogens with two attached hydrogens (primary N) is 1. The molecule has 144 valence electrons. The highest BCUT2D eigenvalue weighted by Crippen LogP contribution is 2.29. The molecule has 6 N–H and O–H groups in total. The predicted molar refractivity (Wildman–Crippen MR) is 99.9 cm³/mol. The van der Waals surface area contributed by atoms with E-state index in [0.717, 1.165) is 0 Å².